The Hall–Kier alpha value is -1.98. The van der Waals surface area contributed by atoms with Crippen molar-refractivity contribution in [2.45, 2.75) is 13.8 Å². The maximum absolute atomic E-state index is 13.4. The van der Waals surface area contributed by atoms with Crippen LogP contribution >= 0.6 is 0 Å². The van der Waals surface area contributed by atoms with Crippen molar-refractivity contribution in [3.05, 3.63) is 17.9 Å². The Morgan fingerprint density at radius 2 is 2.11 bits per heavy atom. The number of nitrogen functional groups attached to an aromatic ring is 1. The molecule has 0 aliphatic carbocycles. The quantitative estimate of drug-likeness (QED) is 0.710. The van der Waals surface area contributed by atoms with E-state index in [1.807, 2.05) is 0 Å². The first-order valence-corrected chi connectivity index (χ1v) is 5.91. The zero-order valence-electron chi connectivity index (χ0n) is 11.6. The number of carbonyl (C=O) groups excluding carboxylic acids is 1. The van der Waals surface area contributed by atoms with Gasteiger partial charge in [0.25, 0.3) is 0 Å². The second-order valence-electron chi connectivity index (χ2n) is 4.89. The van der Waals surface area contributed by atoms with E-state index in [1.54, 1.807) is 20.9 Å². The standard InChI is InChI=1S/C13H20FN3O2/c1-13(2,12(18)16-3)7-17-10-6-11(19-4)8(14)5-9(10)15/h5-6,17H,7,15H2,1-4H3,(H,16,18). The van der Waals surface area contributed by atoms with E-state index in [1.165, 1.54) is 19.2 Å². The molecule has 6 heteroatoms. The number of anilines is 2. The Morgan fingerprint density at radius 3 is 2.63 bits per heavy atom. The average molecular weight is 269 g/mol. The van der Waals surface area contributed by atoms with Gasteiger partial charge in [-0.1, -0.05) is 0 Å². The van der Waals surface area contributed by atoms with Crippen LogP contribution < -0.4 is 21.1 Å². The number of nitrogens with two attached hydrogens (primary N) is 1. The van der Waals surface area contributed by atoms with Gasteiger partial charge in [0.2, 0.25) is 5.91 Å². The monoisotopic (exact) mass is 269 g/mol. The van der Waals surface area contributed by atoms with Gasteiger partial charge < -0.3 is 21.1 Å². The van der Waals surface area contributed by atoms with Crippen LogP contribution in [-0.2, 0) is 4.79 Å². The third-order valence-electron chi connectivity index (χ3n) is 2.89. The lowest BCUT2D eigenvalue weighted by Crippen LogP contribution is -2.39. The zero-order chi connectivity index (χ0) is 14.6. The molecule has 1 aromatic carbocycles. The van der Waals surface area contributed by atoms with Crippen LogP contribution in [0.3, 0.4) is 0 Å². The van der Waals surface area contributed by atoms with Crippen molar-refractivity contribution in [1.82, 2.24) is 5.32 Å². The zero-order valence-corrected chi connectivity index (χ0v) is 11.6. The molecule has 19 heavy (non-hydrogen) atoms. The molecular formula is C13H20FN3O2. The van der Waals surface area contributed by atoms with Gasteiger partial charge in [0.1, 0.15) is 0 Å². The maximum atomic E-state index is 13.4. The van der Waals surface area contributed by atoms with Gasteiger partial charge in [0.15, 0.2) is 11.6 Å². The fourth-order valence-electron chi connectivity index (χ4n) is 1.61. The molecule has 0 radical (unpaired) electrons. The van der Waals surface area contributed by atoms with Crippen molar-refractivity contribution in [3.63, 3.8) is 0 Å². The minimum Gasteiger partial charge on any atom is -0.494 e. The predicted octanol–water partition coefficient (Wildman–Crippen LogP) is 1.60. The molecule has 0 atom stereocenters. The van der Waals surface area contributed by atoms with E-state index in [-0.39, 0.29) is 17.3 Å². The minimum atomic E-state index is -0.608. The normalized spacial score (nSPS) is 11.0. The highest BCUT2D eigenvalue weighted by Gasteiger charge is 2.26. The summed E-state index contributed by atoms with van der Waals surface area (Å²) in [7, 11) is 2.96. The molecule has 0 saturated heterocycles. The Morgan fingerprint density at radius 1 is 1.47 bits per heavy atom. The molecule has 0 fully saturated rings. The minimum absolute atomic E-state index is 0.0901. The molecule has 1 aromatic rings. The van der Waals surface area contributed by atoms with E-state index < -0.39 is 11.2 Å². The molecule has 0 unspecified atom stereocenters. The molecule has 0 spiro atoms. The van der Waals surface area contributed by atoms with E-state index >= 15 is 0 Å². The van der Waals surface area contributed by atoms with Crippen LogP contribution in [0.1, 0.15) is 13.8 Å². The molecule has 0 heterocycles. The molecule has 0 aromatic heterocycles. The van der Waals surface area contributed by atoms with Gasteiger partial charge in [-0.15, -0.1) is 0 Å². The van der Waals surface area contributed by atoms with Crippen LogP contribution in [0.25, 0.3) is 0 Å². The molecule has 5 nitrogen and oxygen atoms in total. The number of carbonyl (C=O) groups is 1. The molecule has 0 aliphatic rings. The Balaban J connectivity index is 2.86. The highest BCUT2D eigenvalue weighted by molar-refractivity contribution is 5.82. The molecule has 106 valence electrons. The summed E-state index contributed by atoms with van der Waals surface area (Å²) < 4.78 is 18.3. The summed E-state index contributed by atoms with van der Waals surface area (Å²) in [6.07, 6.45) is 0. The summed E-state index contributed by atoms with van der Waals surface area (Å²) in [6, 6.07) is 2.67. The average Bonchev–Trinajstić information content (AvgIpc) is 2.36. The van der Waals surface area contributed by atoms with Gasteiger partial charge in [-0.25, -0.2) is 4.39 Å². The number of amides is 1. The van der Waals surface area contributed by atoms with Crippen molar-refractivity contribution in [3.8, 4) is 5.75 Å². The molecule has 4 N–H and O–H groups in total. The van der Waals surface area contributed by atoms with Gasteiger partial charge in [0, 0.05) is 25.7 Å². The molecule has 1 rings (SSSR count). The van der Waals surface area contributed by atoms with Gasteiger partial charge in [-0.2, -0.15) is 0 Å². The molecule has 0 bridgehead atoms. The van der Waals surface area contributed by atoms with Crippen LogP contribution in [0.15, 0.2) is 12.1 Å². The predicted molar refractivity (Wildman–Crippen MR) is 73.7 cm³/mol. The second kappa shape index (κ2) is 5.77. The maximum Gasteiger partial charge on any atom is 0.227 e. The number of rotatable bonds is 5. The van der Waals surface area contributed by atoms with E-state index in [0.717, 1.165) is 0 Å². The largest absolute Gasteiger partial charge is 0.494 e. The number of nitrogens with one attached hydrogen (secondary N) is 2. The summed E-state index contributed by atoms with van der Waals surface area (Å²) in [5, 5.41) is 5.63. The molecule has 0 aliphatic heterocycles. The molecule has 1 amide bonds. The van der Waals surface area contributed by atoms with Crippen molar-refractivity contribution in [1.29, 1.82) is 0 Å². The van der Waals surface area contributed by atoms with E-state index in [0.29, 0.717) is 12.2 Å². The lowest BCUT2D eigenvalue weighted by Gasteiger charge is -2.24. The fraction of sp³-hybridized carbons (Fsp3) is 0.462. The number of hydrogen-bond acceptors (Lipinski definition) is 4. The lowest BCUT2D eigenvalue weighted by molar-refractivity contribution is -0.128. The third-order valence-corrected chi connectivity index (χ3v) is 2.89. The summed E-state index contributed by atoms with van der Waals surface area (Å²) in [5.74, 6) is -0.502. The first-order chi connectivity index (χ1) is 8.81. The highest BCUT2D eigenvalue weighted by atomic mass is 19.1. The Bertz CT molecular complexity index is 475. The number of ether oxygens (including phenoxy) is 1. The van der Waals surface area contributed by atoms with Crippen LogP contribution in [-0.4, -0.2) is 26.6 Å². The van der Waals surface area contributed by atoms with Gasteiger partial charge in [0.05, 0.1) is 23.9 Å². The molecular weight excluding hydrogens is 249 g/mol. The first kappa shape index (κ1) is 15.1. The number of methoxy groups -OCH3 is 1. The number of hydrogen-bond donors (Lipinski definition) is 3. The summed E-state index contributed by atoms with van der Waals surface area (Å²) in [4.78, 5) is 11.6. The first-order valence-electron chi connectivity index (χ1n) is 5.91. The van der Waals surface area contributed by atoms with E-state index in [9.17, 15) is 9.18 Å². The van der Waals surface area contributed by atoms with Crippen molar-refractivity contribution in [2.24, 2.45) is 5.41 Å². The van der Waals surface area contributed by atoms with Crippen LogP contribution in [0.5, 0.6) is 5.75 Å². The van der Waals surface area contributed by atoms with Crippen LogP contribution in [0.4, 0.5) is 15.8 Å². The SMILES string of the molecule is CNC(=O)C(C)(C)CNc1cc(OC)c(F)cc1N. The Kier molecular flexibility index (Phi) is 4.58. The summed E-state index contributed by atoms with van der Waals surface area (Å²) in [5.41, 5.74) is 5.92. The summed E-state index contributed by atoms with van der Waals surface area (Å²) >= 11 is 0. The van der Waals surface area contributed by atoms with Crippen LogP contribution in [0.2, 0.25) is 0 Å². The van der Waals surface area contributed by atoms with E-state index in [2.05, 4.69) is 10.6 Å². The van der Waals surface area contributed by atoms with Crippen molar-refractivity contribution < 1.29 is 13.9 Å². The summed E-state index contributed by atoms with van der Waals surface area (Å²) in [6.45, 7) is 3.97. The van der Waals surface area contributed by atoms with Gasteiger partial charge in [-0.05, 0) is 13.8 Å². The van der Waals surface area contributed by atoms with Crippen molar-refractivity contribution >= 4 is 17.3 Å². The lowest BCUT2D eigenvalue weighted by atomic mass is 9.92. The van der Waals surface area contributed by atoms with Gasteiger partial charge in [-0.3, -0.25) is 4.79 Å². The molecule has 0 saturated carbocycles. The number of halogens is 1. The third kappa shape index (κ3) is 3.49. The van der Waals surface area contributed by atoms with Gasteiger partial charge >= 0.3 is 0 Å². The van der Waals surface area contributed by atoms with Crippen molar-refractivity contribution in [2.75, 3.05) is 31.8 Å². The fourth-order valence-corrected chi connectivity index (χ4v) is 1.61. The number of benzene rings is 1. The van der Waals surface area contributed by atoms with E-state index in [4.69, 9.17) is 10.5 Å². The second-order valence-corrected chi connectivity index (χ2v) is 4.89. The topological polar surface area (TPSA) is 76.4 Å². The van der Waals surface area contributed by atoms with Crippen LogP contribution in [0, 0.1) is 11.2 Å². The Labute approximate surface area is 112 Å². The highest BCUT2D eigenvalue weighted by Crippen LogP contribution is 2.29. The smallest absolute Gasteiger partial charge is 0.227 e.